The minimum Gasteiger partial charge on any atom is -0.376 e. The van der Waals surface area contributed by atoms with Gasteiger partial charge in [-0.15, -0.1) is 0 Å². The van der Waals surface area contributed by atoms with E-state index in [4.69, 9.17) is 0 Å². The average Bonchev–Trinajstić information content (AvgIpc) is 2.58. The summed E-state index contributed by atoms with van der Waals surface area (Å²) in [5.74, 6) is 0.0320. The Kier molecular flexibility index (Phi) is 4.10. The van der Waals surface area contributed by atoms with Crippen LogP contribution in [0.25, 0.3) is 0 Å². The molecule has 1 aliphatic heterocycles. The molecule has 0 spiro atoms. The van der Waals surface area contributed by atoms with Crippen LogP contribution in [0.2, 0.25) is 0 Å². The fourth-order valence-corrected chi connectivity index (χ4v) is 2.78. The molecule has 7 heteroatoms. The molecule has 1 aromatic carbocycles. The van der Waals surface area contributed by atoms with E-state index in [-0.39, 0.29) is 5.91 Å². The minimum atomic E-state index is -0.474. The molecule has 0 radical (unpaired) electrons. The normalized spacial score (nSPS) is 15.0. The van der Waals surface area contributed by atoms with Crippen LogP contribution in [0.1, 0.15) is 12.5 Å². The van der Waals surface area contributed by atoms with Crippen molar-refractivity contribution in [3.8, 4) is 0 Å². The molecule has 1 aliphatic rings. The maximum atomic E-state index is 11.9. The van der Waals surface area contributed by atoms with Crippen molar-refractivity contribution >= 4 is 17.3 Å². The third-order valence-corrected chi connectivity index (χ3v) is 4.12. The summed E-state index contributed by atoms with van der Waals surface area (Å²) in [6.07, 6.45) is 3.39. The molecule has 0 atom stereocenters. The predicted molar refractivity (Wildman–Crippen MR) is 87.4 cm³/mol. The number of pyridine rings is 1. The van der Waals surface area contributed by atoms with Gasteiger partial charge in [0.15, 0.2) is 0 Å². The van der Waals surface area contributed by atoms with Crippen LogP contribution in [0.15, 0.2) is 34.1 Å². The summed E-state index contributed by atoms with van der Waals surface area (Å²) >= 11 is 0. The second kappa shape index (κ2) is 6.20. The lowest BCUT2D eigenvalue weighted by molar-refractivity contribution is -0.129. The molecule has 1 saturated heterocycles. The third kappa shape index (κ3) is 2.94. The van der Waals surface area contributed by atoms with Gasteiger partial charge in [0.1, 0.15) is 11.4 Å². The van der Waals surface area contributed by atoms with Gasteiger partial charge in [0.25, 0.3) is 10.9 Å². The molecule has 1 amide bonds. The van der Waals surface area contributed by atoms with Crippen molar-refractivity contribution in [1.82, 2.24) is 9.88 Å². The van der Waals surface area contributed by atoms with Gasteiger partial charge in [-0.05, 0) is 11.6 Å². The van der Waals surface area contributed by atoms with E-state index in [1.807, 2.05) is 17.0 Å². The van der Waals surface area contributed by atoms with Crippen molar-refractivity contribution < 1.29 is 4.79 Å². The number of amides is 1. The van der Waals surface area contributed by atoms with Crippen molar-refractivity contribution in [2.75, 3.05) is 36.4 Å². The highest BCUT2D eigenvalue weighted by atomic mass is 16.2. The number of hydrogen-bond acceptors (Lipinski definition) is 6. The van der Waals surface area contributed by atoms with Gasteiger partial charge in [0.2, 0.25) is 5.91 Å². The van der Waals surface area contributed by atoms with Crippen LogP contribution in [-0.2, 0) is 11.3 Å². The van der Waals surface area contributed by atoms with E-state index in [0.29, 0.717) is 44.1 Å². The zero-order valence-electron chi connectivity index (χ0n) is 12.9. The monoisotopic (exact) mass is 314 g/mol. The molecular formula is C16H18N4O3. The summed E-state index contributed by atoms with van der Waals surface area (Å²) in [6, 6.07) is 3.72. The van der Waals surface area contributed by atoms with Crippen molar-refractivity contribution in [2.24, 2.45) is 0 Å². The second-order valence-electron chi connectivity index (χ2n) is 5.59. The Morgan fingerprint density at radius 2 is 1.96 bits per heavy atom. The minimum absolute atomic E-state index is 0.0320. The zero-order chi connectivity index (χ0) is 16.4. The largest absolute Gasteiger partial charge is 0.376 e. The Morgan fingerprint density at radius 1 is 1.22 bits per heavy atom. The molecule has 3 rings (SSSR count). The van der Waals surface area contributed by atoms with Crippen molar-refractivity contribution in [3.63, 3.8) is 0 Å². The van der Waals surface area contributed by atoms with Gasteiger partial charge < -0.3 is 15.1 Å². The lowest BCUT2D eigenvalue weighted by Crippen LogP contribution is -2.52. The first-order chi connectivity index (χ1) is 11.1. The van der Waals surface area contributed by atoms with Gasteiger partial charge in [0, 0.05) is 52.0 Å². The first-order valence-corrected chi connectivity index (χ1v) is 7.54. The number of carbonyl (C=O) groups is 1. The van der Waals surface area contributed by atoms with Gasteiger partial charge >= 0.3 is 0 Å². The van der Waals surface area contributed by atoms with Gasteiger partial charge in [-0.1, -0.05) is 6.07 Å². The third-order valence-electron chi connectivity index (χ3n) is 4.12. The Labute approximate surface area is 133 Å². The maximum absolute atomic E-state index is 11.9. The quantitative estimate of drug-likeness (QED) is 0.797. The number of rotatable bonds is 4. The number of anilines is 2. The molecule has 0 bridgehead atoms. The standard InChI is InChI=1S/C16H18N4O3/c1-11(21)19-5-7-20(8-6-19)14-13(15(22)16(14)23)18-10-12-3-2-4-17-9-12/h2-4,9,18H,5-8,10H2,1H3. The number of nitrogens with zero attached hydrogens (tertiary/aromatic N) is 3. The molecule has 120 valence electrons. The highest BCUT2D eigenvalue weighted by Gasteiger charge is 2.28. The lowest BCUT2D eigenvalue weighted by Gasteiger charge is -2.36. The highest BCUT2D eigenvalue weighted by molar-refractivity contribution is 5.76. The zero-order valence-corrected chi connectivity index (χ0v) is 12.9. The lowest BCUT2D eigenvalue weighted by atomic mass is 10.1. The van der Waals surface area contributed by atoms with Crippen LogP contribution >= 0.6 is 0 Å². The van der Waals surface area contributed by atoms with Gasteiger partial charge in [-0.3, -0.25) is 19.4 Å². The molecule has 2 heterocycles. The van der Waals surface area contributed by atoms with Crippen LogP contribution < -0.4 is 21.1 Å². The molecule has 1 N–H and O–H groups in total. The molecule has 1 fully saturated rings. The van der Waals surface area contributed by atoms with E-state index in [0.717, 1.165) is 5.56 Å². The number of nitrogens with one attached hydrogen (secondary N) is 1. The molecule has 0 unspecified atom stereocenters. The number of aromatic nitrogens is 1. The van der Waals surface area contributed by atoms with Gasteiger partial charge in [-0.2, -0.15) is 0 Å². The van der Waals surface area contributed by atoms with Gasteiger partial charge in [-0.25, -0.2) is 0 Å². The summed E-state index contributed by atoms with van der Waals surface area (Å²) in [6.45, 7) is 4.23. The summed E-state index contributed by atoms with van der Waals surface area (Å²) in [5, 5.41) is 3.04. The van der Waals surface area contributed by atoms with E-state index in [2.05, 4.69) is 10.3 Å². The SMILES string of the molecule is CC(=O)N1CCN(c2c(NCc3cccnc3)c(=O)c2=O)CC1. The van der Waals surface area contributed by atoms with Crippen molar-refractivity contribution in [3.05, 3.63) is 50.5 Å². The van der Waals surface area contributed by atoms with Crippen LogP contribution in [0.4, 0.5) is 11.4 Å². The fourth-order valence-electron chi connectivity index (χ4n) is 2.78. The molecule has 0 saturated carbocycles. The molecule has 1 aromatic heterocycles. The van der Waals surface area contributed by atoms with E-state index in [1.165, 1.54) is 6.92 Å². The first-order valence-electron chi connectivity index (χ1n) is 7.54. The van der Waals surface area contributed by atoms with Crippen LogP contribution in [0, 0.1) is 0 Å². The molecule has 2 aromatic rings. The van der Waals surface area contributed by atoms with E-state index in [9.17, 15) is 14.4 Å². The molecular weight excluding hydrogens is 296 g/mol. The first kappa shape index (κ1) is 15.2. The van der Waals surface area contributed by atoms with Crippen LogP contribution in [0.3, 0.4) is 0 Å². The van der Waals surface area contributed by atoms with E-state index < -0.39 is 10.9 Å². The molecule has 7 nitrogen and oxygen atoms in total. The van der Waals surface area contributed by atoms with Crippen LogP contribution in [-0.4, -0.2) is 42.0 Å². The fraction of sp³-hybridized carbons (Fsp3) is 0.375. The summed E-state index contributed by atoms with van der Waals surface area (Å²) < 4.78 is 0. The van der Waals surface area contributed by atoms with Crippen molar-refractivity contribution in [1.29, 1.82) is 0 Å². The van der Waals surface area contributed by atoms with Gasteiger partial charge in [0.05, 0.1) is 0 Å². The van der Waals surface area contributed by atoms with Crippen LogP contribution in [0.5, 0.6) is 0 Å². The summed E-state index contributed by atoms with van der Waals surface area (Å²) in [5.41, 5.74) is 0.831. The Morgan fingerprint density at radius 3 is 2.57 bits per heavy atom. The summed E-state index contributed by atoms with van der Waals surface area (Å²) in [7, 11) is 0. The number of piperazine rings is 1. The highest BCUT2D eigenvalue weighted by Crippen LogP contribution is 2.22. The second-order valence-corrected chi connectivity index (χ2v) is 5.59. The summed E-state index contributed by atoms with van der Waals surface area (Å²) in [4.78, 5) is 42.7. The van der Waals surface area contributed by atoms with E-state index in [1.54, 1.807) is 17.3 Å². The van der Waals surface area contributed by atoms with E-state index >= 15 is 0 Å². The Hall–Kier alpha value is -2.70. The Bertz CT molecular complexity index is 772. The number of hydrogen-bond donors (Lipinski definition) is 1. The predicted octanol–water partition coefficient (Wildman–Crippen LogP) is -0.0418. The molecule has 23 heavy (non-hydrogen) atoms. The molecule has 0 aliphatic carbocycles. The average molecular weight is 314 g/mol. The maximum Gasteiger partial charge on any atom is 0.253 e. The number of carbonyl (C=O) groups excluding carboxylic acids is 1. The Balaban J connectivity index is 1.70. The smallest absolute Gasteiger partial charge is 0.253 e. The van der Waals surface area contributed by atoms with Crippen molar-refractivity contribution in [2.45, 2.75) is 13.5 Å². The topological polar surface area (TPSA) is 82.6 Å².